The fraction of sp³-hybridized carbons (Fsp3) is 1.00. The average molecular weight is 334 g/mol. The summed E-state index contributed by atoms with van der Waals surface area (Å²) < 4.78 is 12.6. The van der Waals surface area contributed by atoms with Crippen molar-refractivity contribution in [1.82, 2.24) is 0 Å². The summed E-state index contributed by atoms with van der Waals surface area (Å²) in [5.41, 5.74) is 5.90. The summed E-state index contributed by atoms with van der Waals surface area (Å²) in [5, 5.41) is 0.371. The zero-order valence-electron chi connectivity index (χ0n) is 16.1. The molecular formula is C16H39NO2Si2. The van der Waals surface area contributed by atoms with E-state index >= 15 is 0 Å². The van der Waals surface area contributed by atoms with Gasteiger partial charge >= 0.3 is 0 Å². The Morgan fingerprint density at radius 1 is 0.857 bits per heavy atom. The molecule has 0 heterocycles. The first-order chi connectivity index (χ1) is 9.16. The lowest BCUT2D eigenvalue weighted by Gasteiger charge is -2.40. The average Bonchev–Trinajstić information content (AvgIpc) is 2.32. The molecule has 0 rings (SSSR count). The van der Waals surface area contributed by atoms with Gasteiger partial charge in [-0.2, -0.15) is 0 Å². The quantitative estimate of drug-likeness (QED) is 0.660. The number of hydrogen-bond acceptors (Lipinski definition) is 3. The molecule has 0 aromatic rings. The zero-order valence-corrected chi connectivity index (χ0v) is 18.1. The van der Waals surface area contributed by atoms with Gasteiger partial charge in [0.1, 0.15) is 0 Å². The van der Waals surface area contributed by atoms with Crippen molar-refractivity contribution >= 4 is 16.6 Å². The highest BCUT2D eigenvalue weighted by atomic mass is 28.4. The monoisotopic (exact) mass is 333 g/mol. The molecule has 128 valence electrons. The maximum Gasteiger partial charge on any atom is 0.193 e. The third kappa shape index (κ3) is 6.14. The van der Waals surface area contributed by atoms with Gasteiger partial charge in [0.25, 0.3) is 0 Å². The fourth-order valence-electron chi connectivity index (χ4n) is 1.41. The lowest BCUT2D eigenvalue weighted by Crippen LogP contribution is -2.47. The summed E-state index contributed by atoms with van der Waals surface area (Å²) in [6.45, 7) is 24.9. The second kappa shape index (κ2) is 7.26. The van der Waals surface area contributed by atoms with Crippen molar-refractivity contribution < 1.29 is 8.85 Å². The zero-order chi connectivity index (χ0) is 17.1. The highest BCUT2D eigenvalue weighted by Gasteiger charge is 2.40. The van der Waals surface area contributed by atoms with Crippen LogP contribution in [0, 0.1) is 5.92 Å². The Hall–Kier alpha value is 0.314. The highest BCUT2D eigenvalue weighted by molar-refractivity contribution is 6.74. The van der Waals surface area contributed by atoms with Gasteiger partial charge in [-0.3, -0.25) is 0 Å². The van der Waals surface area contributed by atoms with E-state index < -0.39 is 16.6 Å². The molecule has 2 N–H and O–H groups in total. The molecule has 1 unspecified atom stereocenters. The second-order valence-electron chi connectivity index (χ2n) is 9.09. The second-order valence-corrected chi connectivity index (χ2v) is 18.6. The van der Waals surface area contributed by atoms with E-state index in [0.717, 1.165) is 13.2 Å². The van der Waals surface area contributed by atoms with E-state index in [1.807, 2.05) is 0 Å². The van der Waals surface area contributed by atoms with E-state index in [-0.39, 0.29) is 10.1 Å². The van der Waals surface area contributed by atoms with Gasteiger partial charge < -0.3 is 14.6 Å². The fourth-order valence-corrected chi connectivity index (χ4v) is 4.12. The summed E-state index contributed by atoms with van der Waals surface area (Å²) >= 11 is 0. The summed E-state index contributed by atoms with van der Waals surface area (Å²) in [4.78, 5) is 0. The molecule has 0 radical (unpaired) electrons. The SMILES string of the molecule is CC(CO[Si](C)(C)C(C)(C)C)CO[Si](C)(C)C(C)(C)CN. The predicted molar refractivity (Wildman–Crippen MR) is 98.8 cm³/mol. The van der Waals surface area contributed by atoms with Gasteiger partial charge in [0.05, 0.1) is 0 Å². The predicted octanol–water partition coefficient (Wildman–Crippen LogP) is 4.60. The van der Waals surface area contributed by atoms with E-state index in [4.69, 9.17) is 14.6 Å². The molecule has 0 saturated carbocycles. The minimum absolute atomic E-state index is 0.104. The van der Waals surface area contributed by atoms with Gasteiger partial charge in [-0.1, -0.05) is 41.5 Å². The molecule has 0 aromatic carbocycles. The van der Waals surface area contributed by atoms with Crippen molar-refractivity contribution in [3.63, 3.8) is 0 Å². The third-order valence-corrected chi connectivity index (χ3v) is 14.3. The largest absolute Gasteiger partial charge is 0.416 e. The van der Waals surface area contributed by atoms with Gasteiger partial charge in [0.15, 0.2) is 16.6 Å². The summed E-state index contributed by atoms with van der Waals surface area (Å²) in [6, 6.07) is 0. The molecule has 3 nitrogen and oxygen atoms in total. The Labute approximate surface area is 135 Å². The maximum absolute atomic E-state index is 6.29. The van der Waals surface area contributed by atoms with E-state index in [1.54, 1.807) is 0 Å². The number of hydrogen-bond donors (Lipinski definition) is 1. The first-order valence-electron chi connectivity index (χ1n) is 8.14. The minimum Gasteiger partial charge on any atom is -0.416 e. The molecular weight excluding hydrogens is 294 g/mol. The molecule has 0 aliphatic rings. The Morgan fingerprint density at radius 2 is 1.24 bits per heavy atom. The molecule has 5 heteroatoms. The number of nitrogens with two attached hydrogens (primary N) is 1. The van der Waals surface area contributed by atoms with Gasteiger partial charge in [-0.05, 0) is 42.8 Å². The Balaban J connectivity index is 4.39. The Bertz CT molecular complexity index is 323. The van der Waals surface area contributed by atoms with Crippen LogP contribution >= 0.6 is 0 Å². The summed E-state index contributed by atoms with van der Waals surface area (Å²) in [6.07, 6.45) is 0. The third-order valence-electron chi connectivity index (χ3n) is 5.40. The lowest BCUT2D eigenvalue weighted by atomic mass is 10.2. The minimum atomic E-state index is -1.77. The van der Waals surface area contributed by atoms with Crippen LogP contribution in [0.4, 0.5) is 0 Å². The van der Waals surface area contributed by atoms with Crippen LogP contribution in [0.5, 0.6) is 0 Å². The van der Waals surface area contributed by atoms with Crippen LogP contribution < -0.4 is 5.73 Å². The van der Waals surface area contributed by atoms with Gasteiger partial charge in [0.2, 0.25) is 0 Å². The molecule has 1 atom stereocenters. The van der Waals surface area contributed by atoms with Gasteiger partial charge in [0, 0.05) is 19.1 Å². The molecule has 0 spiro atoms. The Morgan fingerprint density at radius 3 is 1.57 bits per heavy atom. The van der Waals surface area contributed by atoms with Crippen LogP contribution in [0.2, 0.25) is 36.3 Å². The van der Waals surface area contributed by atoms with E-state index in [2.05, 4.69) is 67.7 Å². The van der Waals surface area contributed by atoms with Crippen molar-refractivity contribution in [1.29, 1.82) is 0 Å². The molecule has 0 saturated heterocycles. The van der Waals surface area contributed by atoms with Crippen molar-refractivity contribution in [2.24, 2.45) is 11.7 Å². The van der Waals surface area contributed by atoms with Gasteiger partial charge in [-0.25, -0.2) is 0 Å². The molecule has 0 aromatic heterocycles. The molecule has 0 bridgehead atoms. The molecule has 0 fully saturated rings. The topological polar surface area (TPSA) is 44.5 Å². The van der Waals surface area contributed by atoms with Crippen molar-refractivity contribution in [2.45, 2.75) is 77.8 Å². The highest BCUT2D eigenvalue weighted by Crippen LogP contribution is 2.38. The first kappa shape index (κ1) is 21.3. The van der Waals surface area contributed by atoms with Crippen LogP contribution in [0.3, 0.4) is 0 Å². The standard InChI is InChI=1S/C16H39NO2Si2/c1-14(11-18-20(7,8)15(2,3)4)12-19-21(9,10)16(5,6)13-17/h14H,11-13,17H2,1-10H3. The molecule has 0 aliphatic heterocycles. The molecule has 0 aliphatic carbocycles. The smallest absolute Gasteiger partial charge is 0.193 e. The van der Waals surface area contributed by atoms with E-state index in [0.29, 0.717) is 12.5 Å². The van der Waals surface area contributed by atoms with Crippen molar-refractivity contribution in [3.8, 4) is 0 Å². The van der Waals surface area contributed by atoms with E-state index in [9.17, 15) is 0 Å². The normalized spacial score (nSPS) is 16.1. The Kier molecular flexibility index (Phi) is 7.37. The first-order valence-corrected chi connectivity index (χ1v) is 14.0. The van der Waals surface area contributed by atoms with Gasteiger partial charge in [-0.15, -0.1) is 0 Å². The van der Waals surface area contributed by atoms with E-state index in [1.165, 1.54) is 0 Å². The lowest BCUT2D eigenvalue weighted by molar-refractivity contribution is 0.167. The van der Waals surface area contributed by atoms with Crippen molar-refractivity contribution in [2.75, 3.05) is 19.8 Å². The van der Waals surface area contributed by atoms with Crippen molar-refractivity contribution in [3.05, 3.63) is 0 Å². The van der Waals surface area contributed by atoms with Crippen LogP contribution in [-0.2, 0) is 8.85 Å². The molecule has 0 amide bonds. The van der Waals surface area contributed by atoms with Crippen LogP contribution in [0.15, 0.2) is 0 Å². The summed E-state index contributed by atoms with van der Waals surface area (Å²) in [7, 11) is -3.42. The molecule has 21 heavy (non-hydrogen) atoms. The van der Waals surface area contributed by atoms with Crippen LogP contribution in [0.1, 0.15) is 41.5 Å². The maximum atomic E-state index is 6.29. The summed E-state index contributed by atoms with van der Waals surface area (Å²) in [5.74, 6) is 0.430. The number of rotatable bonds is 8. The van der Waals surface area contributed by atoms with Crippen LogP contribution in [-0.4, -0.2) is 36.4 Å². The van der Waals surface area contributed by atoms with Crippen LogP contribution in [0.25, 0.3) is 0 Å².